The third-order valence-corrected chi connectivity index (χ3v) is 4.93. The van der Waals surface area contributed by atoms with Crippen molar-refractivity contribution in [1.82, 2.24) is 5.32 Å². The van der Waals surface area contributed by atoms with Gasteiger partial charge in [0.25, 0.3) is 0 Å². The Morgan fingerprint density at radius 3 is 2.71 bits per heavy atom. The monoisotopic (exact) mass is 420 g/mol. The van der Waals surface area contributed by atoms with Crippen LogP contribution in [-0.4, -0.2) is 37.1 Å². The second-order valence-electron chi connectivity index (χ2n) is 7.09. The molecule has 160 valence electrons. The zero-order valence-electron chi connectivity index (χ0n) is 17.3. The lowest BCUT2D eigenvalue weighted by molar-refractivity contribution is -0.143. The largest absolute Gasteiger partial charge is 0.466 e. The first kappa shape index (κ1) is 21.8. The summed E-state index contributed by atoms with van der Waals surface area (Å²) >= 11 is 0. The molecule has 0 saturated carbocycles. The van der Waals surface area contributed by atoms with Gasteiger partial charge in [-0.2, -0.15) is 5.26 Å². The molecule has 1 fully saturated rings. The summed E-state index contributed by atoms with van der Waals surface area (Å²) < 4.78 is 4.93. The van der Waals surface area contributed by atoms with E-state index in [4.69, 9.17) is 10.00 Å². The van der Waals surface area contributed by atoms with Crippen LogP contribution in [0.15, 0.2) is 48.5 Å². The normalized spacial score (nSPS) is 15.3. The van der Waals surface area contributed by atoms with Gasteiger partial charge in [0, 0.05) is 24.3 Å². The van der Waals surface area contributed by atoms with E-state index in [1.54, 1.807) is 54.3 Å². The van der Waals surface area contributed by atoms with E-state index in [2.05, 4.69) is 10.6 Å². The molecule has 0 bridgehead atoms. The Bertz CT molecular complexity index is 997. The average molecular weight is 420 g/mol. The van der Waals surface area contributed by atoms with Gasteiger partial charge in [-0.05, 0) is 61.7 Å². The van der Waals surface area contributed by atoms with Crippen molar-refractivity contribution in [3.05, 3.63) is 59.7 Å². The predicted molar refractivity (Wildman–Crippen MR) is 115 cm³/mol. The number of carbonyl (C=O) groups excluding carboxylic acids is 3. The second-order valence-corrected chi connectivity index (χ2v) is 7.09. The summed E-state index contributed by atoms with van der Waals surface area (Å²) in [4.78, 5) is 38.2. The minimum absolute atomic E-state index is 0.192. The van der Waals surface area contributed by atoms with Gasteiger partial charge in [-0.25, -0.2) is 4.79 Å². The van der Waals surface area contributed by atoms with Gasteiger partial charge in [0.15, 0.2) is 0 Å². The van der Waals surface area contributed by atoms with Gasteiger partial charge in [0.05, 0.1) is 18.2 Å². The molecule has 0 aliphatic carbocycles. The molecule has 0 spiro atoms. The summed E-state index contributed by atoms with van der Waals surface area (Å²) in [6.07, 6.45) is 1.27. The highest BCUT2D eigenvalue weighted by atomic mass is 16.5. The van der Waals surface area contributed by atoms with Gasteiger partial charge in [-0.1, -0.05) is 12.1 Å². The summed E-state index contributed by atoms with van der Waals surface area (Å²) in [5.41, 5.74) is 2.69. The Morgan fingerprint density at radius 1 is 1.23 bits per heavy atom. The molecule has 1 saturated heterocycles. The number of nitrogens with zero attached hydrogens (tertiary/aromatic N) is 2. The fraction of sp³-hybridized carbons (Fsp3) is 0.304. The zero-order chi connectivity index (χ0) is 22.2. The Morgan fingerprint density at radius 2 is 2.00 bits per heavy atom. The van der Waals surface area contributed by atoms with E-state index in [-0.39, 0.29) is 18.3 Å². The fourth-order valence-corrected chi connectivity index (χ4v) is 3.40. The van der Waals surface area contributed by atoms with Gasteiger partial charge in [0.2, 0.25) is 5.91 Å². The molecule has 3 rings (SSSR count). The Kier molecular flexibility index (Phi) is 7.22. The van der Waals surface area contributed by atoms with Crippen molar-refractivity contribution in [3.8, 4) is 6.07 Å². The smallest absolute Gasteiger partial charge is 0.319 e. The highest BCUT2D eigenvalue weighted by Gasteiger charge is 2.33. The van der Waals surface area contributed by atoms with Gasteiger partial charge in [0.1, 0.15) is 6.04 Å². The number of hydrogen-bond acceptors (Lipinski definition) is 5. The number of rotatable bonds is 7. The van der Waals surface area contributed by atoms with E-state index in [0.717, 1.165) is 5.56 Å². The molecule has 0 radical (unpaired) electrons. The van der Waals surface area contributed by atoms with E-state index >= 15 is 0 Å². The Balaban J connectivity index is 1.54. The van der Waals surface area contributed by atoms with Crippen LogP contribution in [0.4, 0.5) is 16.2 Å². The van der Waals surface area contributed by atoms with Crippen LogP contribution in [0.25, 0.3) is 0 Å². The van der Waals surface area contributed by atoms with Crippen LogP contribution in [0, 0.1) is 11.3 Å². The molecule has 8 heteroatoms. The Hall–Kier alpha value is -3.86. The summed E-state index contributed by atoms with van der Waals surface area (Å²) in [7, 11) is 0. The minimum atomic E-state index is -0.623. The van der Waals surface area contributed by atoms with Gasteiger partial charge in [-0.15, -0.1) is 0 Å². The van der Waals surface area contributed by atoms with Crippen molar-refractivity contribution < 1.29 is 19.1 Å². The van der Waals surface area contributed by atoms with Crippen molar-refractivity contribution in [1.29, 1.82) is 5.26 Å². The van der Waals surface area contributed by atoms with Crippen LogP contribution in [0.3, 0.4) is 0 Å². The summed E-state index contributed by atoms with van der Waals surface area (Å²) in [6.45, 7) is 2.60. The molecule has 1 atom stereocenters. The fourth-order valence-electron chi connectivity index (χ4n) is 3.40. The number of esters is 1. The van der Waals surface area contributed by atoms with E-state index < -0.39 is 12.1 Å². The van der Waals surface area contributed by atoms with E-state index in [0.29, 0.717) is 42.9 Å². The molecule has 3 amide bonds. The lowest BCUT2D eigenvalue weighted by atomic mass is 10.1. The molecule has 1 aliphatic heterocycles. The topological polar surface area (TPSA) is 112 Å². The standard InChI is InChI=1S/C23H24N4O4/c1-2-31-21(28)11-8-16-4-3-5-18(14-16)25-23(30)26-20-12-13-27(22(20)29)19-9-6-17(15-24)7-10-19/h3-7,9-10,14,20H,2,8,11-13H2,1H3,(H2,25,26,30). The summed E-state index contributed by atoms with van der Waals surface area (Å²) in [5.74, 6) is -0.451. The van der Waals surface area contributed by atoms with Gasteiger partial charge >= 0.3 is 12.0 Å². The molecule has 8 nitrogen and oxygen atoms in total. The lowest BCUT2D eigenvalue weighted by Crippen LogP contribution is -2.43. The SMILES string of the molecule is CCOC(=O)CCc1cccc(NC(=O)NC2CCN(c3ccc(C#N)cc3)C2=O)c1. The van der Waals surface area contributed by atoms with Crippen LogP contribution >= 0.6 is 0 Å². The zero-order valence-corrected chi connectivity index (χ0v) is 17.3. The maximum atomic E-state index is 12.7. The number of benzene rings is 2. The van der Waals surface area contributed by atoms with Crippen molar-refractivity contribution in [2.75, 3.05) is 23.4 Å². The van der Waals surface area contributed by atoms with Crippen LogP contribution in [0.1, 0.15) is 30.9 Å². The van der Waals surface area contributed by atoms with Crippen molar-refractivity contribution in [2.24, 2.45) is 0 Å². The molecular formula is C23H24N4O4. The molecule has 0 aromatic heterocycles. The summed E-state index contributed by atoms with van der Waals surface area (Å²) in [5, 5.41) is 14.4. The maximum absolute atomic E-state index is 12.7. The van der Waals surface area contributed by atoms with E-state index in [9.17, 15) is 14.4 Å². The number of hydrogen-bond donors (Lipinski definition) is 2. The number of nitrogens with one attached hydrogen (secondary N) is 2. The molecule has 31 heavy (non-hydrogen) atoms. The number of carbonyl (C=O) groups is 3. The first-order chi connectivity index (χ1) is 15.0. The molecule has 1 unspecified atom stereocenters. The van der Waals surface area contributed by atoms with Crippen LogP contribution < -0.4 is 15.5 Å². The number of anilines is 2. The first-order valence-electron chi connectivity index (χ1n) is 10.1. The molecule has 1 heterocycles. The third kappa shape index (κ3) is 5.82. The van der Waals surface area contributed by atoms with Gasteiger partial charge < -0.3 is 20.3 Å². The van der Waals surface area contributed by atoms with Crippen molar-refractivity contribution in [3.63, 3.8) is 0 Å². The first-order valence-corrected chi connectivity index (χ1v) is 10.1. The van der Waals surface area contributed by atoms with Crippen molar-refractivity contribution in [2.45, 2.75) is 32.2 Å². The third-order valence-electron chi connectivity index (χ3n) is 4.93. The minimum Gasteiger partial charge on any atom is -0.466 e. The highest BCUT2D eigenvalue weighted by Crippen LogP contribution is 2.22. The number of ether oxygens (including phenoxy) is 1. The molecule has 2 aromatic carbocycles. The predicted octanol–water partition coefficient (Wildman–Crippen LogP) is 2.98. The lowest BCUT2D eigenvalue weighted by Gasteiger charge is -2.17. The maximum Gasteiger partial charge on any atom is 0.319 e. The molecule has 2 N–H and O–H groups in total. The van der Waals surface area contributed by atoms with Crippen LogP contribution in [0.2, 0.25) is 0 Å². The second kappa shape index (κ2) is 10.3. The Labute approximate surface area is 180 Å². The van der Waals surface area contributed by atoms with E-state index in [1.807, 2.05) is 12.1 Å². The van der Waals surface area contributed by atoms with E-state index in [1.165, 1.54) is 0 Å². The quantitative estimate of drug-likeness (QED) is 0.669. The molecular weight excluding hydrogens is 396 g/mol. The number of nitriles is 1. The van der Waals surface area contributed by atoms with Crippen LogP contribution in [0.5, 0.6) is 0 Å². The number of aryl methyl sites for hydroxylation is 1. The van der Waals surface area contributed by atoms with Crippen molar-refractivity contribution >= 4 is 29.3 Å². The summed E-state index contributed by atoms with van der Waals surface area (Å²) in [6, 6.07) is 14.9. The van der Waals surface area contributed by atoms with Gasteiger partial charge in [-0.3, -0.25) is 9.59 Å². The van der Waals surface area contributed by atoms with Crippen LogP contribution in [-0.2, 0) is 20.7 Å². The molecule has 2 aromatic rings. The highest BCUT2D eigenvalue weighted by molar-refractivity contribution is 6.02. The molecule has 1 aliphatic rings. The average Bonchev–Trinajstić information content (AvgIpc) is 3.12. The number of urea groups is 1. The number of amides is 3.